The van der Waals surface area contributed by atoms with Crippen molar-refractivity contribution in [3.63, 3.8) is 0 Å². The van der Waals surface area contributed by atoms with E-state index < -0.39 is 30.2 Å². The van der Waals surface area contributed by atoms with E-state index in [9.17, 15) is 28.8 Å². The second-order valence-electron chi connectivity index (χ2n) is 21.7. The van der Waals surface area contributed by atoms with E-state index in [1.165, 1.54) is 0 Å². The molecule has 0 aliphatic rings. The maximum atomic E-state index is 13.7. The van der Waals surface area contributed by atoms with Crippen molar-refractivity contribution < 1.29 is 47.5 Å². The van der Waals surface area contributed by atoms with E-state index in [-0.39, 0.29) is 63.0 Å². The van der Waals surface area contributed by atoms with Crippen LogP contribution in [0.25, 0.3) is 45.1 Å². The number of ketones is 2. The van der Waals surface area contributed by atoms with Crippen LogP contribution in [-0.2, 0) is 45.4 Å². The molecule has 10 rings (SSSR count). The summed E-state index contributed by atoms with van der Waals surface area (Å²) in [6.07, 6.45) is 2.61. The number of aromatic nitrogens is 8. The summed E-state index contributed by atoms with van der Waals surface area (Å²) in [7, 11) is 0. The van der Waals surface area contributed by atoms with Gasteiger partial charge in [-0.1, -0.05) is 91.3 Å². The topological polar surface area (TPSA) is 406 Å². The molecular formula is C68H70N18O10. The molecule has 96 heavy (non-hydrogen) atoms. The Balaban J connectivity index is 0.000000246. The first-order chi connectivity index (χ1) is 46.9. The molecule has 0 saturated heterocycles. The number of carbonyl (C=O) groups excluding carboxylic acids is 6. The molecule has 0 unspecified atom stereocenters. The number of amides is 4. The van der Waals surface area contributed by atoms with Gasteiger partial charge in [-0.05, 0) is 143 Å². The van der Waals surface area contributed by atoms with Gasteiger partial charge in [0, 0.05) is 42.1 Å². The Morgan fingerprint density at radius 2 is 0.979 bits per heavy atom. The minimum atomic E-state index is -0.965. The molecule has 10 N–H and O–H groups in total. The van der Waals surface area contributed by atoms with Crippen molar-refractivity contribution in [3.8, 4) is 35.2 Å². The molecule has 492 valence electrons. The maximum Gasteiger partial charge on any atom is 0.408 e. The fourth-order valence-electron chi connectivity index (χ4n) is 9.88. The number of rotatable bonds is 32. The Kier molecular flexibility index (Phi) is 24.9. The molecule has 4 heterocycles. The van der Waals surface area contributed by atoms with Crippen molar-refractivity contribution in [1.29, 1.82) is 10.5 Å². The SMILES string of the molecule is N#CCCNc1nonc1-c1nc2ccccc2n1CC(=O)c1ccc(NC(=O)[C@@H](N)CCCCN)cc1.N#CCCNc1nonc1-c1nc2ccccc2n1CC(=O)c1ccc(NC(=O)[C@H](CCCCNC(=O)OCc2ccccc2)NC(=O)OCc2ccccc2)cc1. The summed E-state index contributed by atoms with van der Waals surface area (Å²) in [6, 6.07) is 48.8. The first-order valence-corrected chi connectivity index (χ1v) is 30.9. The fraction of sp³-hybridized carbons (Fsp3) is 0.265. The molecule has 6 aromatic carbocycles. The molecule has 0 fully saturated rings. The third-order valence-corrected chi connectivity index (χ3v) is 14.8. The van der Waals surface area contributed by atoms with E-state index in [1.807, 2.05) is 109 Å². The number of carbonyl (C=O) groups is 6. The number of alkyl carbamates (subject to hydrolysis) is 2. The number of ether oxygens (including phenoxy) is 2. The Labute approximate surface area is 550 Å². The highest BCUT2D eigenvalue weighted by atomic mass is 16.6. The number of nitrogens with one attached hydrogen (secondary N) is 6. The molecule has 0 radical (unpaired) electrons. The number of imidazole rings is 2. The minimum absolute atomic E-state index is 0.0158. The molecule has 2 atom stereocenters. The first-order valence-electron chi connectivity index (χ1n) is 30.9. The van der Waals surface area contributed by atoms with Crippen LogP contribution in [0.2, 0.25) is 0 Å². The summed E-state index contributed by atoms with van der Waals surface area (Å²) in [5.74, 6) is 0.235. The van der Waals surface area contributed by atoms with Gasteiger partial charge < -0.3 is 62.0 Å². The quantitative estimate of drug-likeness (QED) is 0.0144. The molecule has 0 aliphatic heterocycles. The number of nitriles is 2. The number of nitrogens with zero attached hydrogens (tertiary/aromatic N) is 10. The Bertz CT molecular complexity index is 4310. The zero-order chi connectivity index (χ0) is 67.4. The summed E-state index contributed by atoms with van der Waals surface area (Å²) in [5, 5.41) is 50.6. The molecule has 4 amide bonds. The molecule has 28 heteroatoms. The summed E-state index contributed by atoms with van der Waals surface area (Å²) in [4.78, 5) is 87.1. The van der Waals surface area contributed by atoms with Gasteiger partial charge in [0.05, 0.1) is 66.2 Å². The lowest BCUT2D eigenvalue weighted by Gasteiger charge is -2.19. The van der Waals surface area contributed by atoms with Crippen LogP contribution >= 0.6 is 0 Å². The number of unbranched alkanes of at least 4 members (excludes halogenated alkanes) is 2. The van der Waals surface area contributed by atoms with Crippen molar-refractivity contribution in [2.75, 3.05) is 47.4 Å². The van der Waals surface area contributed by atoms with Crippen molar-refractivity contribution in [1.82, 2.24) is 50.4 Å². The maximum absolute atomic E-state index is 13.7. The van der Waals surface area contributed by atoms with Crippen molar-refractivity contribution in [3.05, 3.63) is 180 Å². The van der Waals surface area contributed by atoms with Gasteiger partial charge in [0.1, 0.15) is 19.3 Å². The Morgan fingerprint density at radius 3 is 1.47 bits per heavy atom. The molecule has 0 bridgehead atoms. The van der Waals surface area contributed by atoms with Gasteiger partial charge in [0.15, 0.2) is 34.6 Å². The predicted molar refractivity (Wildman–Crippen MR) is 355 cm³/mol. The third kappa shape index (κ3) is 19.2. The number of hydrogen-bond donors (Lipinski definition) is 8. The van der Waals surface area contributed by atoms with Gasteiger partial charge in [0.25, 0.3) is 0 Å². The zero-order valence-electron chi connectivity index (χ0n) is 52.2. The summed E-state index contributed by atoms with van der Waals surface area (Å²) < 4.78 is 24.0. The lowest BCUT2D eigenvalue weighted by molar-refractivity contribution is -0.118. The largest absolute Gasteiger partial charge is 0.445 e. The summed E-state index contributed by atoms with van der Waals surface area (Å²) in [5.41, 5.74) is 18.3. The van der Waals surface area contributed by atoms with Crippen LogP contribution in [0.15, 0.2) is 167 Å². The van der Waals surface area contributed by atoms with Gasteiger partial charge in [-0.3, -0.25) is 19.2 Å². The smallest absolute Gasteiger partial charge is 0.408 e. The lowest BCUT2D eigenvalue weighted by Crippen LogP contribution is -2.44. The number of anilines is 4. The van der Waals surface area contributed by atoms with Gasteiger partial charge in [-0.2, -0.15) is 10.5 Å². The highest BCUT2D eigenvalue weighted by Gasteiger charge is 2.26. The Hall–Kier alpha value is -12.1. The number of Topliss-reactive ketones (excluding diaryl/α,β-unsaturated/α-hetero) is 2. The summed E-state index contributed by atoms with van der Waals surface area (Å²) in [6.45, 7) is 1.61. The van der Waals surface area contributed by atoms with Crippen molar-refractivity contribution in [2.24, 2.45) is 11.5 Å². The van der Waals surface area contributed by atoms with Gasteiger partial charge in [-0.15, -0.1) is 0 Å². The minimum Gasteiger partial charge on any atom is -0.445 e. The predicted octanol–water partition coefficient (Wildman–Crippen LogP) is 9.31. The van der Waals surface area contributed by atoms with E-state index in [2.05, 4.69) is 69.6 Å². The molecule has 28 nitrogen and oxygen atoms in total. The van der Waals surface area contributed by atoms with Crippen LogP contribution in [0.5, 0.6) is 0 Å². The number of benzene rings is 6. The van der Waals surface area contributed by atoms with Crippen molar-refractivity contribution in [2.45, 2.75) is 89.8 Å². The normalized spacial score (nSPS) is 11.4. The average molecular weight is 1300 g/mol. The number of fused-ring (bicyclic) bond motifs is 2. The Morgan fingerprint density at radius 1 is 0.521 bits per heavy atom. The lowest BCUT2D eigenvalue weighted by atomic mass is 10.1. The van der Waals surface area contributed by atoms with Crippen LogP contribution in [0.3, 0.4) is 0 Å². The summed E-state index contributed by atoms with van der Waals surface area (Å²) >= 11 is 0. The number of nitrogens with two attached hydrogens (primary N) is 2. The van der Waals surface area contributed by atoms with E-state index >= 15 is 0 Å². The zero-order valence-corrected chi connectivity index (χ0v) is 52.2. The number of para-hydroxylation sites is 4. The van der Waals surface area contributed by atoms with Gasteiger partial charge in [0.2, 0.25) is 23.5 Å². The van der Waals surface area contributed by atoms with Gasteiger partial charge >= 0.3 is 12.2 Å². The van der Waals surface area contributed by atoms with E-state index in [4.69, 9.17) is 45.7 Å². The molecule has 4 aromatic heterocycles. The van der Waals surface area contributed by atoms with Crippen LogP contribution < -0.4 is 43.4 Å². The number of hydrogen-bond acceptors (Lipinski definition) is 22. The highest BCUT2D eigenvalue weighted by Crippen LogP contribution is 2.31. The third-order valence-electron chi connectivity index (χ3n) is 14.8. The van der Waals surface area contributed by atoms with Crippen LogP contribution in [0, 0.1) is 22.7 Å². The van der Waals surface area contributed by atoms with E-state index in [1.54, 1.807) is 57.7 Å². The molecular weight excluding hydrogens is 1230 g/mol. The van der Waals surface area contributed by atoms with Gasteiger partial charge in [-0.25, -0.2) is 28.8 Å². The second-order valence-corrected chi connectivity index (χ2v) is 21.7. The van der Waals surface area contributed by atoms with Crippen molar-refractivity contribution >= 4 is 80.6 Å². The molecule has 0 aliphatic carbocycles. The van der Waals surface area contributed by atoms with E-state index in [0.717, 1.165) is 29.5 Å². The van der Waals surface area contributed by atoms with Crippen LogP contribution in [-0.4, -0.2) is 114 Å². The monoisotopic (exact) mass is 1300 g/mol. The second kappa shape index (κ2) is 35.1. The van der Waals surface area contributed by atoms with Crippen LogP contribution in [0.1, 0.15) is 83.2 Å². The highest BCUT2D eigenvalue weighted by molar-refractivity contribution is 6.01. The fourth-order valence-corrected chi connectivity index (χ4v) is 9.88. The van der Waals surface area contributed by atoms with E-state index in [0.29, 0.717) is 119 Å². The van der Waals surface area contributed by atoms with Crippen LogP contribution in [0.4, 0.5) is 32.6 Å². The standard InChI is InChI=1S/C42H41N9O7.C26H29N9O3/c43-23-11-25-44-38-37(49-58-50-38)39-47-33-16-7-8-18-35(33)51(39)26-36(52)31-19-21-32(22-20-31)46-40(53)34(48-42(55)57-28-30-14-5-2-6-15-30)17-9-10-24-45-41(54)56-27-29-12-3-1-4-13-29;27-13-4-3-6-19(29)26(37)31-18-11-9-17(10-12-18)22(36)16-35-21-8-2-1-7-20(21)32-25(35)23-24(34-38-33-23)30-15-5-14-28/h1-8,12-16,18-22,34H,9-11,17,24-28H2,(H,44,50)(H,45,54)(H,46,53)(H,48,55);1-2,7-12,19H,3-6,13,15-16,27,29H2,(H,30,34)(H,31,37)/t34-;19-/m00/s1. The average Bonchev–Trinajstić information content (AvgIpc) is 1.63. The molecule has 10 aromatic rings. The first kappa shape index (κ1) is 68.2. The molecule has 0 spiro atoms. The molecule has 0 saturated carbocycles.